The molecule has 3 rings (SSSR count). The molecule has 0 aliphatic carbocycles. The first-order chi connectivity index (χ1) is 14.0. The monoisotopic (exact) mass is 413 g/mol. The van der Waals surface area contributed by atoms with Crippen molar-refractivity contribution in [2.45, 2.75) is 26.3 Å². The Labute approximate surface area is 174 Å². The van der Waals surface area contributed by atoms with E-state index < -0.39 is 6.04 Å². The van der Waals surface area contributed by atoms with Crippen LogP contribution in [0.2, 0.25) is 0 Å². The summed E-state index contributed by atoms with van der Waals surface area (Å²) < 4.78 is 7.08. The molecule has 0 saturated heterocycles. The van der Waals surface area contributed by atoms with Gasteiger partial charge in [0.1, 0.15) is 17.5 Å². The number of carbonyl (C=O) groups excluding carboxylic acids is 1. The van der Waals surface area contributed by atoms with Crippen molar-refractivity contribution >= 4 is 28.4 Å². The van der Waals surface area contributed by atoms with Gasteiger partial charge < -0.3 is 9.64 Å². The lowest BCUT2D eigenvalue weighted by Crippen LogP contribution is -2.36. The van der Waals surface area contributed by atoms with Crippen molar-refractivity contribution in [3.8, 4) is 11.4 Å². The predicted octanol–water partition coefficient (Wildman–Crippen LogP) is 3.93. The van der Waals surface area contributed by atoms with E-state index in [4.69, 9.17) is 21.3 Å². The summed E-state index contributed by atoms with van der Waals surface area (Å²) in [5.41, 5.74) is 1.08. The summed E-state index contributed by atoms with van der Waals surface area (Å²) in [7, 11) is 1.68. The number of rotatable bonds is 7. The molecule has 1 atom stereocenters. The second-order valence-corrected chi connectivity index (χ2v) is 6.88. The van der Waals surface area contributed by atoms with Crippen molar-refractivity contribution in [3.05, 3.63) is 64.7 Å². The van der Waals surface area contributed by atoms with Crippen molar-refractivity contribution in [2.24, 2.45) is 0 Å². The average Bonchev–Trinajstić information content (AvgIpc) is 2.75. The number of benzene rings is 2. The fourth-order valence-corrected chi connectivity index (χ4v) is 3.57. The summed E-state index contributed by atoms with van der Waals surface area (Å²) in [5, 5.41) is 0.520. The zero-order valence-corrected chi connectivity index (χ0v) is 17.5. The third-order valence-electron chi connectivity index (χ3n) is 4.87. The van der Waals surface area contributed by atoms with Gasteiger partial charge in [-0.05, 0) is 49.7 Å². The maximum Gasteiger partial charge on any atom is 0.266 e. The Balaban J connectivity index is 2.26. The number of hydrogen-bond donors (Lipinski definition) is 0. The Morgan fingerprint density at radius 1 is 1.17 bits per heavy atom. The smallest absolute Gasteiger partial charge is 0.266 e. The molecule has 0 aliphatic heterocycles. The molecule has 29 heavy (non-hydrogen) atoms. The Kier molecular flexibility index (Phi) is 6.54. The molecule has 152 valence electrons. The molecule has 1 amide bonds. The fourth-order valence-electron chi connectivity index (χ4n) is 3.38. The molecule has 0 aliphatic rings. The van der Waals surface area contributed by atoms with Gasteiger partial charge in [-0.25, -0.2) is 4.98 Å². The maximum atomic E-state index is 13.4. The standard InChI is InChI=1S/C22H24ClN3O3/c1-4-19(25(3)20(27)14-23)21-24-18-9-7-6-8-17(18)22(28)26(21)15-10-12-16(13-11-15)29-5-2/h6-13,19H,4-5,14H2,1-3H3. The molecule has 0 spiro atoms. The highest BCUT2D eigenvalue weighted by atomic mass is 35.5. The van der Waals surface area contributed by atoms with Gasteiger partial charge in [-0.15, -0.1) is 11.6 Å². The first kappa shape index (κ1) is 20.9. The van der Waals surface area contributed by atoms with Crippen LogP contribution in [0.15, 0.2) is 53.3 Å². The molecule has 6 nitrogen and oxygen atoms in total. The summed E-state index contributed by atoms with van der Waals surface area (Å²) in [6, 6.07) is 14.1. The lowest BCUT2D eigenvalue weighted by atomic mass is 10.1. The van der Waals surface area contributed by atoms with Crippen LogP contribution in [0.3, 0.4) is 0 Å². The van der Waals surface area contributed by atoms with Gasteiger partial charge in [0.25, 0.3) is 5.56 Å². The van der Waals surface area contributed by atoms with Crippen LogP contribution in [-0.4, -0.2) is 39.9 Å². The summed E-state index contributed by atoms with van der Waals surface area (Å²) in [6.07, 6.45) is 0.584. The molecule has 0 bridgehead atoms. The van der Waals surface area contributed by atoms with E-state index >= 15 is 0 Å². The van der Waals surface area contributed by atoms with Gasteiger partial charge in [-0.2, -0.15) is 0 Å². The van der Waals surface area contributed by atoms with E-state index in [1.54, 1.807) is 28.6 Å². The van der Waals surface area contributed by atoms with Crippen molar-refractivity contribution in [2.75, 3.05) is 19.5 Å². The van der Waals surface area contributed by atoms with Crippen LogP contribution in [-0.2, 0) is 4.79 Å². The van der Waals surface area contributed by atoms with Gasteiger partial charge in [-0.3, -0.25) is 14.2 Å². The van der Waals surface area contributed by atoms with E-state index in [0.29, 0.717) is 35.4 Å². The zero-order chi connectivity index (χ0) is 21.0. The second kappa shape index (κ2) is 9.09. The number of alkyl halides is 1. The normalized spacial score (nSPS) is 12.0. The van der Waals surface area contributed by atoms with Gasteiger partial charge in [0.05, 0.1) is 29.2 Å². The molecule has 0 saturated carbocycles. The molecular weight excluding hydrogens is 390 g/mol. The van der Waals surface area contributed by atoms with Crippen LogP contribution in [0.1, 0.15) is 32.1 Å². The van der Waals surface area contributed by atoms with Crippen molar-refractivity contribution < 1.29 is 9.53 Å². The Morgan fingerprint density at radius 2 is 1.86 bits per heavy atom. The molecule has 1 heterocycles. The van der Waals surface area contributed by atoms with Crippen molar-refractivity contribution in [3.63, 3.8) is 0 Å². The molecule has 0 radical (unpaired) electrons. The second-order valence-electron chi connectivity index (χ2n) is 6.62. The summed E-state index contributed by atoms with van der Waals surface area (Å²) in [4.78, 5) is 32.0. The molecule has 0 N–H and O–H groups in total. The number of hydrogen-bond acceptors (Lipinski definition) is 4. The molecule has 7 heteroatoms. The lowest BCUT2D eigenvalue weighted by Gasteiger charge is -2.28. The van der Waals surface area contributed by atoms with E-state index in [0.717, 1.165) is 5.75 Å². The first-order valence-corrected chi connectivity index (χ1v) is 10.1. The highest BCUT2D eigenvalue weighted by Gasteiger charge is 2.26. The van der Waals surface area contributed by atoms with E-state index in [-0.39, 0.29) is 17.3 Å². The number of ether oxygens (including phenoxy) is 1. The molecule has 1 aromatic heterocycles. The molecule has 1 unspecified atom stereocenters. The van der Waals surface area contributed by atoms with Gasteiger partial charge in [0.2, 0.25) is 5.91 Å². The fraction of sp³-hybridized carbons (Fsp3) is 0.318. The number of aromatic nitrogens is 2. The quantitative estimate of drug-likeness (QED) is 0.550. The molecule has 2 aromatic carbocycles. The van der Waals surface area contributed by atoms with E-state index in [1.165, 1.54) is 0 Å². The van der Waals surface area contributed by atoms with Gasteiger partial charge in [-0.1, -0.05) is 19.1 Å². The van der Waals surface area contributed by atoms with Crippen LogP contribution in [0.5, 0.6) is 5.75 Å². The number of halogens is 1. The minimum absolute atomic E-state index is 0.131. The first-order valence-electron chi connectivity index (χ1n) is 9.58. The van der Waals surface area contributed by atoms with Gasteiger partial charge in [0.15, 0.2) is 0 Å². The molecule has 3 aromatic rings. The zero-order valence-electron chi connectivity index (χ0n) is 16.8. The van der Waals surface area contributed by atoms with Crippen LogP contribution < -0.4 is 10.3 Å². The average molecular weight is 414 g/mol. The van der Waals surface area contributed by atoms with E-state index in [2.05, 4.69) is 0 Å². The molecule has 0 fully saturated rings. The lowest BCUT2D eigenvalue weighted by molar-refractivity contribution is -0.129. The topological polar surface area (TPSA) is 64.4 Å². The van der Waals surface area contributed by atoms with Crippen LogP contribution in [0.4, 0.5) is 0 Å². The highest BCUT2D eigenvalue weighted by molar-refractivity contribution is 6.27. The van der Waals surface area contributed by atoms with Gasteiger partial charge >= 0.3 is 0 Å². The number of fused-ring (bicyclic) bond motifs is 1. The number of amides is 1. The summed E-state index contributed by atoms with van der Waals surface area (Å²) in [5.74, 6) is 0.870. The SMILES string of the molecule is CCOc1ccc(-n2c(C(CC)N(C)C(=O)CCl)nc3ccccc3c2=O)cc1. The summed E-state index contributed by atoms with van der Waals surface area (Å²) >= 11 is 5.77. The van der Waals surface area contributed by atoms with Crippen LogP contribution in [0, 0.1) is 0 Å². The third-order valence-corrected chi connectivity index (χ3v) is 5.10. The Morgan fingerprint density at radius 3 is 2.48 bits per heavy atom. The van der Waals surface area contributed by atoms with Crippen molar-refractivity contribution in [1.82, 2.24) is 14.5 Å². The number of para-hydroxylation sites is 1. The third kappa shape index (κ3) is 4.12. The van der Waals surface area contributed by atoms with E-state index in [9.17, 15) is 9.59 Å². The minimum Gasteiger partial charge on any atom is -0.494 e. The Bertz CT molecular complexity index is 1060. The largest absolute Gasteiger partial charge is 0.494 e. The Hall–Kier alpha value is -2.86. The maximum absolute atomic E-state index is 13.4. The minimum atomic E-state index is -0.398. The van der Waals surface area contributed by atoms with Crippen LogP contribution in [0.25, 0.3) is 16.6 Å². The number of nitrogens with zero attached hydrogens (tertiary/aromatic N) is 3. The van der Waals surface area contributed by atoms with Crippen molar-refractivity contribution in [1.29, 1.82) is 0 Å². The van der Waals surface area contributed by atoms with Gasteiger partial charge in [0, 0.05) is 7.05 Å². The number of carbonyl (C=O) groups is 1. The summed E-state index contributed by atoms with van der Waals surface area (Å²) in [6.45, 7) is 4.43. The molecular formula is C22H24ClN3O3. The highest BCUT2D eigenvalue weighted by Crippen LogP contribution is 2.26. The predicted molar refractivity (Wildman–Crippen MR) is 115 cm³/mol. The van der Waals surface area contributed by atoms with Crippen LogP contribution >= 0.6 is 11.6 Å². The van der Waals surface area contributed by atoms with E-state index in [1.807, 2.05) is 50.2 Å².